The molecule has 2 amide bonds. The number of aliphatic hydroxyl groups excluding tert-OH is 1. The van der Waals surface area contributed by atoms with E-state index in [0.717, 1.165) is 23.2 Å². The summed E-state index contributed by atoms with van der Waals surface area (Å²) in [4.78, 5) is 29.2. The molecule has 7 heteroatoms. The highest BCUT2D eigenvalue weighted by molar-refractivity contribution is 6.34. The molecule has 2 aliphatic rings. The van der Waals surface area contributed by atoms with Crippen LogP contribution in [-0.4, -0.2) is 48.1 Å². The smallest absolute Gasteiger partial charge is 0.266 e. The van der Waals surface area contributed by atoms with E-state index in [0.29, 0.717) is 23.4 Å². The molecular formula is C31H32N2O5. The van der Waals surface area contributed by atoms with Crippen LogP contribution in [0.2, 0.25) is 0 Å². The third-order valence-electron chi connectivity index (χ3n) is 7.27. The zero-order valence-electron chi connectivity index (χ0n) is 21.6. The maximum atomic E-state index is 12.9. The van der Waals surface area contributed by atoms with Gasteiger partial charge < -0.3 is 19.5 Å². The number of carbonyl (C=O) groups is 2. The first-order valence-electron chi connectivity index (χ1n) is 12.8. The number of imide groups is 1. The molecule has 0 unspecified atom stereocenters. The predicted octanol–water partition coefficient (Wildman–Crippen LogP) is 4.89. The van der Waals surface area contributed by atoms with Crippen molar-refractivity contribution in [3.05, 3.63) is 113 Å². The standard InChI is InChI=1S/C31H32N2O5/c1-4-17-32(3)18-27-20(2)28(22-11-9-21(19-34)10-12-22)38-31(37-27)23-13-15-24(16-14-23)33-29(35)25-7-5-6-8-26(25)30(33)36/h4-16,20,27-28,31,34H,1,17-19H2,2-3H3/t20-,27+,28+,31+/m1/s1. The molecule has 0 aromatic heterocycles. The largest absolute Gasteiger partial charge is 0.392 e. The lowest BCUT2D eigenvalue weighted by molar-refractivity contribution is -0.275. The van der Waals surface area contributed by atoms with Crippen LogP contribution in [0.1, 0.15) is 56.7 Å². The number of carbonyl (C=O) groups excluding carboxylic acids is 2. The molecule has 7 nitrogen and oxygen atoms in total. The number of likely N-dealkylation sites (N-methyl/N-ethyl adjacent to an activating group) is 1. The quantitative estimate of drug-likeness (QED) is 0.342. The Morgan fingerprint density at radius 3 is 2.11 bits per heavy atom. The minimum absolute atomic E-state index is 0.0124. The monoisotopic (exact) mass is 512 g/mol. The Hall–Kier alpha value is -3.62. The number of amides is 2. The van der Waals surface area contributed by atoms with Gasteiger partial charge in [0.05, 0.1) is 35.6 Å². The molecule has 4 atom stereocenters. The number of benzene rings is 3. The number of hydrogen-bond acceptors (Lipinski definition) is 6. The Labute approximate surface area is 222 Å². The molecule has 196 valence electrons. The van der Waals surface area contributed by atoms with Crippen LogP contribution in [0, 0.1) is 5.92 Å². The van der Waals surface area contributed by atoms with Crippen molar-refractivity contribution in [1.82, 2.24) is 4.90 Å². The highest BCUT2D eigenvalue weighted by Crippen LogP contribution is 2.42. The van der Waals surface area contributed by atoms with E-state index >= 15 is 0 Å². The Bertz CT molecular complexity index is 1290. The van der Waals surface area contributed by atoms with Gasteiger partial charge >= 0.3 is 0 Å². The predicted molar refractivity (Wildman–Crippen MR) is 145 cm³/mol. The molecule has 3 aromatic rings. The number of hydrogen-bond donors (Lipinski definition) is 1. The Morgan fingerprint density at radius 1 is 0.921 bits per heavy atom. The summed E-state index contributed by atoms with van der Waals surface area (Å²) in [5.41, 5.74) is 3.98. The number of ether oxygens (including phenoxy) is 2. The first-order chi connectivity index (χ1) is 18.4. The summed E-state index contributed by atoms with van der Waals surface area (Å²) >= 11 is 0. The second-order valence-corrected chi connectivity index (χ2v) is 9.91. The van der Waals surface area contributed by atoms with Crippen molar-refractivity contribution < 1.29 is 24.2 Å². The first-order valence-corrected chi connectivity index (χ1v) is 12.8. The molecule has 0 saturated carbocycles. The molecule has 2 heterocycles. The van der Waals surface area contributed by atoms with Crippen molar-refractivity contribution in [3.63, 3.8) is 0 Å². The second kappa shape index (κ2) is 11.0. The molecule has 2 aliphatic heterocycles. The summed E-state index contributed by atoms with van der Waals surface area (Å²) in [5, 5.41) is 9.45. The van der Waals surface area contributed by atoms with Crippen molar-refractivity contribution in [2.45, 2.75) is 32.0 Å². The van der Waals surface area contributed by atoms with Gasteiger partial charge in [-0.1, -0.05) is 61.5 Å². The fourth-order valence-corrected chi connectivity index (χ4v) is 5.13. The van der Waals surface area contributed by atoms with Gasteiger partial charge in [-0.2, -0.15) is 0 Å². The fraction of sp³-hybridized carbons (Fsp3) is 0.290. The van der Waals surface area contributed by atoms with Crippen molar-refractivity contribution in [2.24, 2.45) is 5.92 Å². The maximum Gasteiger partial charge on any atom is 0.266 e. The molecule has 1 saturated heterocycles. The number of fused-ring (bicyclic) bond motifs is 1. The van der Waals surface area contributed by atoms with Crippen molar-refractivity contribution in [2.75, 3.05) is 25.0 Å². The van der Waals surface area contributed by atoms with Gasteiger partial charge in [-0.25, -0.2) is 4.90 Å². The number of anilines is 1. The molecule has 5 rings (SSSR count). The van der Waals surface area contributed by atoms with E-state index in [1.807, 2.05) is 49.5 Å². The van der Waals surface area contributed by atoms with E-state index in [2.05, 4.69) is 18.4 Å². The lowest BCUT2D eigenvalue weighted by Gasteiger charge is -2.42. The van der Waals surface area contributed by atoms with Gasteiger partial charge in [0.15, 0.2) is 6.29 Å². The van der Waals surface area contributed by atoms with E-state index in [1.54, 1.807) is 36.4 Å². The van der Waals surface area contributed by atoms with Gasteiger partial charge in [-0.15, -0.1) is 6.58 Å². The second-order valence-electron chi connectivity index (χ2n) is 9.91. The minimum Gasteiger partial charge on any atom is -0.392 e. The van der Waals surface area contributed by atoms with Crippen LogP contribution in [0.5, 0.6) is 0 Å². The molecule has 0 bridgehead atoms. The van der Waals surface area contributed by atoms with Crippen molar-refractivity contribution in [1.29, 1.82) is 0 Å². The summed E-state index contributed by atoms with van der Waals surface area (Å²) in [6, 6.07) is 21.9. The highest BCUT2D eigenvalue weighted by atomic mass is 16.7. The average Bonchev–Trinajstić information content (AvgIpc) is 3.20. The van der Waals surface area contributed by atoms with Crippen LogP contribution in [0.4, 0.5) is 5.69 Å². The van der Waals surface area contributed by atoms with Crippen molar-refractivity contribution in [3.8, 4) is 0 Å². The highest BCUT2D eigenvalue weighted by Gasteiger charge is 2.39. The van der Waals surface area contributed by atoms with E-state index in [1.165, 1.54) is 4.90 Å². The normalized spacial score (nSPS) is 23.1. The first kappa shape index (κ1) is 26.0. The summed E-state index contributed by atoms with van der Waals surface area (Å²) < 4.78 is 13.0. The zero-order chi connectivity index (χ0) is 26.8. The Balaban J connectivity index is 1.40. The van der Waals surface area contributed by atoms with Gasteiger partial charge in [0.2, 0.25) is 0 Å². The third-order valence-corrected chi connectivity index (χ3v) is 7.27. The van der Waals surface area contributed by atoms with Gasteiger partial charge in [0.25, 0.3) is 11.8 Å². The van der Waals surface area contributed by atoms with Crippen LogP contribution in [0.3, 0.4) is 0 Å². The van der Waals surface area contributed by atoms with Crippen LogP contribution in [-0.2, 0) is 16.1 Å². The molecule has 0 radical (unpaired) electrons. The van der Waals surface area contributed by atoms with Crippen LogP contribution in [0.15, 0.2) is 85.5 Å². The van der Waals surface area contributed by atoms with Crippen LogP contribution >= 0.6 is 0 Å². The molecule has 38 heavy (non-hydrogen) atoms. The molecule has 1 fully saturated rings. The molecular weight excluding hydrogens is 480 g/mol. The van der Waals surface area contributed by atoms with E-state index < -0.39 is 6.29 Å². The molecule has 0 aliphatic carbocycles. The maximum absolute atomic E-state index is 12.9. The number of aliphatic hydroxyl groups is 1. The molecule has 3 aromatic carbocycles. The Morgan fingerprint density at radius 2 is 1.53 bits per heavy atom. The van der Waals surface area contributed by atoms with E-state index in [9.17, 15) is 14.7 Å². The van der Waals surface area contributed by atoms with Gasteiger partial charge in [-0.05, 0) is 42.4 Å². The van der Waals surface area contributed by atoms with E-state index in [-0.39, 0.29) is 36.5 Å². The van der Waals surface area contributed by atoms with Crippen LogP contribution < -0.4 is 4.90 Å². The number of rotatable bonds is 8. The lowest BCUT2D eigenvalue weighted by Crippen LogP contribution is -2.43. The summed E-state index contributed by atoms with van der Waals surface area (Å²) in [6.07, 6.45) is 0.897. The van der Waals surface area contributed by atoms with Gasteiger partial charge in [-0.3, -0.25) is 9.59 Å². The topological polar surface area (TPSA) is 79.3 Å². The summed E-state index contributed by atoms with van der Waals surface area (Å²) in [5.74, 6) is -0.584. The van der Waals surface area contributed by atoms with Crippen molar-refractivity contribution >= 4 is 17.5 Å². The average molecular weight is 513 g/mol. The lowest BCUT2D eigenvalue weighted by atomic mass is 9.90. The zero-order valence-corrected chi connectivity index (χ0v) is 21.6. The van der Waals surface area contributed by atoms with E-state index in [4.69, 9.17) is 9.47 Å². The molecule has 1 N–H and O–H groups in total. The third kappa shape index (κ3) is 4.93. The van der Waals surface area contributed by atoms with Gasteiger partial charge in [0, 0.05) is 24.6 Å². The fourth-order valence-electron chi connectivity index (χ4n) is 5.13. The minimum atomic E-state index is -0.632. The number of nitrogens with zero attached hydrogens (tertiary/aromatic N) is 2. The van der Waals surface area contributed by atoms with Crippen LogP contribution in [0.25, 0.3) is 0 Å². The molecule has 0 spiro atoms. The Kier molecular flexibility index (Phi) is 7.53. The summed E-state index contributed by atoms with van der Waals surface area (Å²) in [6.45, 7) is 7.39. The SMILES string of the molecule is C=CCN(C)C[C@@H]1O[C@H](c2ccc(N3C(=O)c4ccccc4C3=O)cc2)O[C@H](c2ccc(CO)cc2)[C@@H]1C. The summed E-state index contributed by atoms with van der Waals surface area (Å²) in [7, 11) is 2.03. The van der Waals surface area contributed by atoms with Gasteiger partial charge in [0.1, 0.15) is 0 Å².